The van der Waals surface area contributed by atoms with Crippen molar-refractivity contribution in [2.45, 2.75) is 13.0 Å². The number of methoxy groups -OCH3 is 1. The Bertz CT molecular complexity index is 339. The van der Waals surface area contributed by atoms with E-state index in [-0.39, 0.29) is 12.4 Å². The van der Waals surface area contributed by atoms with Crippen molar-refractivity contribution in [2.75, 3.05) is 13.7 Å². The van der Waals surface area contributed by atoms with Gasteiger partial charge in [-0.3, -0.25) is 0 Å². The summed E-state index contributed by atoms with van der Waals surface area (Å²) in [7, 11) is 0.856. The molecule has 1 aromatic rings. The van der Waals surface area contributed by atoms with Crippen molar-refractivity contribution in [2.24, 2.45) is 0 Å². The van der Waals surface area contributed by atoms with Gasteiger partial charge in [-0.1, -0.05) is 0 Å². The first-order valence-electron chi connectivity index (χ1n) is 4.37. The molecule has 0 N–H and O–H groups in total. The second-order valence-electron chi connectivity index (χ2n) is 2.80. The summed E-state index contributed by atoms with van der Waals surface area (Å²) in [6, 6.07) is 2.92. The highest BCUT2D eigenvalue weighted by molar-refractivity contribution is 5.30. The van der Waals surface area contributed by atoms with Crippen LogP contribution in [0.1, 0.15) is 12.5 Å². The molecule has 0 bridgehead atoms. The standard InChI is InChI=1S/C10H11F3O2/c1-3-15-9-5-4-7(6-8(9)11)10(12,13)14-2/h4-6H,3H2,1-2H3. The third kappa shape index (κ3) is 2.62. The van der Waals surface area contributed by atoms with Crippen LogP contribution in [-0.4, -0.2) is 13.7 Å². The lowest BCUT2D eigenvalue weighted by atomic mass is 10.2. The van der Waals surface area contributed by atoms with E-state index in [1.54, 1.807) is 6.92 Å². The van der Waals surface area contributed by atoms with Crippen LogP contribution in [0.3, 0.4) is 0 Å². The normalized spacial score (nSPS) is 11.5. The molecule has 0 aliphatic rings. The molecule has 1 aromatic carbocycles. The monoisotopic (exact) mass is 220 g/mol. The van der Waals surface area contributed by atoms with Crippen molar-refractivity contribution in [1.29, 1.82) is 0 Å². The van der Waals surface area contributed by atoms with Crippen LogP contribution in [-0.2, 0) is 10.8 Å². The van der Waals surface area contributed by atoms with Crippen LogP contribution in [0.25, 0.3) is 0 Å². The van der Waals surface area contributed by atoms with Gasteiger partial charge in [-0.25, -0.2) is 4.39 Å². The minimum atomic E-state index is -3.48. The Kier molecular flexibility index (Phi) is 3.57. The molecule has 0 saturated heterocycles. The zero-order valence-electron chi connectivity index (χ0n) is 8.39. The molecule has 5 heteroatoms. The maximum absolute atomic E-state index is 13.2. The average molecular weight is 220 g/mol. The number of hydrogen-bond donors (Lipinski definition) is 0. The van der Waals surface area contributed by atoms with Crippen molar-refractivity contribution >= 4 is 0 Å². The molecule has 0 spiro atoms. The van der Waals surface area contributed by atoms with E-state index in [2.05, 4.69) is 4.74 Å². The van der Waals surface area contributed by atoms with E-state index in [4.69, 9.17) is 4.74 Å². The third-order valence-electron chi connectivity index (χ3n) is 1.82. The SMILES string of the molecule is CCOc1ccc(C(F)(F)OC)cc1F. The predicted octanol–water partition coefficient (Wildman–Crippen LogP) is 2.92. The van der Waals surface area contributed by atoms with Crippen molar-refractivity contribution in [3.05, 3.63) is 29.6 Å². The van der Waals surface area contributed by atoms with Crippen LogP contribution < -0.4 is 4.74 Å². The van der Waals surface area contributed by atoms with Crippen molar-refractivity contribution in [3.8, 4) is 5.75 Å². The lowest BCUT2D eigenvalue weighted by Crippen LogP contribution is -2.15. The molecule has 0 amide bonds. The lowest BCUT2D eigenvalue weighted by Gasteiger charge is -2.14. The number of benzene rings is 1. The largest absolute Gasteiger partial charge is 0.491 e. The van der Waals surface area contributed by atoms with Gasteiger partial charge in [0.25, 0.3) is 0 Å². The number of ether oxygens (including phenoxy) is 2. The number of alkyl halides is 2. The first-order valence-corrected chi connectivity index (χ1v) is 4.37. The molecule has 0 radical (unpaired) electrons. The van der Waals surface area contributed by atoms with E-state index in [0.29, 0.717) is 6.07 Å². The van der Waals surface area contributed by atoms with E-state index >= 15 is 0 Å². The van der Waals surface area contributed by atoms with Gasteiger partial charge in [-0.2, -0.15) is 8.78 Å². The van der Waals surface area contributed by atoms with Crippen molar-refractivity contribution in [1.82, 2.24) is 0 Å². The average Bonchev–Trinajstić information content (AvgIpc) is 2.21. The number of hydrogen-bond acceptors (Lipinski definition) is 2. The van der Waals surface area contributed by atoms with Crippen LogP contribution in [0.2, 0.25) is 0 Å². The molecule has 0 fully saturated rings. The minimum absolute atomic E-state index is 0.0480. The molecule has 15 heavy (non-hydrogen) atoms. The summed E-state index contributed by atoms with van der Waals surface area (Å²) in [6.45, 7) is 1.95. The lowest BCUT2D eigenvalue weighted by molar-refractivity contribution is -0.231. The fourth-order valence-electron chi connectivity index (χ4n) is 1.07. The van der Waals surface area contributed by atoms with Crippen LogP contribution in [0, 0.1) is 5.82 Å². The molecule has 0 aliphatic heterocycles. The predicted molar refractivity (Wildman–Crippen MR) is 48.5 cm³/mol. The fourth-order valence-corrected chi connectivity index (χ4v) is 1.07. The highest BCUT2D eigenvalue weighted by Crippen LogP contribution is 2.31. The van der Waals surface area contributed by atoms with Gasteiger partial charge < -0.3 is 9.47 Å². The molecule has 1 rings (SSSR count). The molecule has 0 aromatic heterocycles. The smallest absolute Gasteiger partial charge is 0.383 e. The van der Waals surface area contributed by atoms with Crippen LogP contribution >= 0.6 is 0 Å². The summed E-state index contributed by atoms with van der Waals surface area (Å²) < 4.78 is 47.9. The van der Waals surface area contributed by atoms with E-state index in [0.717, 1.165) is 19.2 Å². The van der Waals surface area contributed by atoms with E-state index in [1.807, 2.05) is 0 Å². The number of rotatable bonds is 4. The van der Waals surface area contributed by atoms with Crippen LogP contribution in [0.15, 0.2) is 18.2 Å². The summed E-state index contributed by atoms with van der Waals surface area (Å²) in [4.78, 5) is 0. The maximum atomic E-state index is 13.2. The van der Waals surface area contributed by atoms with Gasteiger partial charge in [0.2, 0.25) is 0 Å². The highest BCUT2D eigenvalue weighted by Gasteiger charge is 2.32. The van der Waals surface area contributed by atoms with Gasteiger partial charge in [-0.15, -0.1) is 0 Å². The van der Waals surface area contributed by atoms with Gasteiger partial charge in [0.05, 0.1) is 12.2 Å². The molecular formula is C10H11F3O2. The summed E-state index contributed by atoms with van der Waals surface area (Å²) in [6.07, 6.45) is -3.48. The summed E-state index contributed by atoms with van der Waals surface area (Å²) >= 11 is 0. The van der Waals surface area contributed by atoms with Gasteiger partial charge in [0, 0.05) is 7.11 Å². The molecule has 0 heterocycles. The molecule has 0 saturated carbocycles. The summed E-state index contributed by atoms with van der Waals surface area (Å²) in [5.74, 6) is -0.876. The summed E-state index contributed by atoms with van der Waals surface area (Å²) in [5.41, 5.74) is -0.536. The van der Waals surface area contributed by atoms with Gasteiger partial charge in [0.1, 0.15) is 0 Å². The molecular weight excluding hydrogens is 209 g/mol. The number of halogens is 3. The highest BCUT2D eigenvalue weighted by atomic mass is 19.3. The fraction of sp³-hybridized carbons (Fsp3) is 0.400. The van der Waals surface area contributed by atoms with Crippen molar-refractivity contribution in [3.63, 3.8) is 0 Å². The van der Waals surface area contributed by atoms with Crippen LogP contribution in [0.4, 0.5) is 13.2 Å². The quantitative estimate of drug-likeness (QED) is 0.776. The van der Waals surface area contributed by atoms with E-state index in [9.17, 15) is 13.2 Å². The molecule has 0 unspecified atom stereocenters. The Morgan fingerprint density at radius 2 is 2.00 bits per heavy atom. The molecule has 84 valence electrons. The zero-order valence-corrected chi connectivity index (χ0v) is 8.39. The molecule has 2 nitrogen and oxygen atoms in total. The van der Waals surface area contributed by atoms with Gasteiger partial charge in [0.15, 0.2) is 11.6 Å². The van der Waals surface area contributed by atoms with Crippen molar-refractivity contribution < 1.29 is 22.6 Å². The topological polar surface area (TPSA) is 18.5 Å². The Balaban J connectivity index is 3.01. The second-order valence-corrected chi connectivity index (χ2v) is 2.80. The first-order chi connectivity index (χ1) is 7.01. The second kappa shape index (κ2) is 4.53. The Labute approximate surface area is 85.6 Å². The zero-order chi connectivity index (χ0) is 11.5. The van der Waals surface area contributed by atoms with Gasteiger partial charge >= 0.3 is 6.11 Å². The van der Waals surface area contributed by atoms with E-state index in [1.165, 1.54) is 0 Å². The Hall–Kier alpha value is -1.23. The molecule has 0 atom stereocenters. The van der Waals surface area contributed by atoms with Crippen LogP contribution in [0.5, 0.6) is 5.75 Å². The Morgan fingerprint density at radius 1 is 1.33 bits per heavy atom. The third-order valence-corrected chi connectivity index (χ3v) is 1.82. The Morgan fingerprint density at radius 3 is 2.47 bits per heavy atom. The van der Waals surface area contributed by atoms with Gasteiger partial charge in [-0.05, 0) is 25.1 Å². The minimum Gasteiger partial charge on any atom is -0.491 e. The first kappa shape index (κ1) is 11.8. The molecule has 0 aliphatic carbocycles. The summed E-state index contributed by atoms with van der Waals surface area (Å²) in [5, 5.41) is 0. The van der Waals surface area contributed by atoms with E-state index < -0.39 is 17.5 Å². The maximum Gasteiger partial charge on any atom is 0.383 e.